The maximum atomic E-state index is 14.1. The highest BCUT2D eigenvalue weighted by molar-refractivity contribution is 6.31. The van der Waals surface area contributed by atoms with Crippen molar-refractivity contribution in [3.63, 3.8) is 0 Å². The average Bonchev–Trinajstić information content (AvgIpc) is 3.71. The molecule has 0 aliphatic carbocycles. The van der Waals surface area contributed by atoms with Crippen LogP contribution in [0.25, 0.3) is 22.1 Å². The summed E-state index contributed by atoms with van der Waals surface area (Å²) in [5.74, 6) is 3.22. The third kappa shape index (κ3) is 7.51. The second-order valence-corrected chi connectivity index (χ2v) is 15.8. The standard InChI is InChI=1S/C21H20ClF2N3O.C21H21ClFN3O/c22-14-9-18-21-19(10-14)28-8-7-27(21)20(25-18)12-26-5-3-13(4-6-26)16-2-1-15(23)11-17(16)24;22-16-11-18-21-19(12-16)27-10-9-26(21)20(24-18)13-25-7-5-15(6-8-25)14-1-3-17(23)4-2-14/h1-2,9-11,13H,3-8,12H2;1-4,11-12,15H,5-10,13H2. The van der Waals surface area contributed by atoms with E-state index in [1.807, 2.05) is 36.4 Å². The largest absolute Gasteiger partial charge is 0.489 e. The van der Waals surface area contributed by atoms with Crippen LogP contribution < -0.4 is 9.47 Å². The Hall–Kier alpha value is -4.29. The maximum absolute atomic E-state index is 14.1. The first-order valence-corrected chi connectivity index (χ1v) is 19.8. The maximum Gasteiger partial charge on any atom is 0.146 e. The van der Waals surface area contributed by atoms with E-state index in [0.717, 1.165) is 129 Å². The van der Waals surface area contributed by atoms with E-state index in [2.05, 4.69) is 18.9 Å². The van der Waals surface area contributed by atoms with Gasteiger partial charge in [0.1, 0.15) is 64.8 Å². The molecule has 0 saturated carbocycles. The second kappa shape index (κ2) is 15.3. The minimum atomic E-state index is -0.525. The van der Waals surface area contributed by atoms with Crippen molar-refractivity contribution in [2.24, 2.45) is 0 Å². The summed E-state index contributed by atoms with van der Waals surface area (Å²) in [4.78, 5) is 14.4. The van der Waals surface area contributed by atoms with Gasteiger partial charge in [0.2, 0.25) is 0 Å². The highest BCUT2D eigenvalue weighted by Crippen LogP contribution is 2.37. The zero-order chi connectivity index (χ0) is 37.6. The van der Waals surface area contributed by atoms with Gasteiger partial charge in [-0.25, -0.2) is 23.1 Å². The second-order valence-electron chi connectivity index (χ2n) is 14.9. The number of aromatic nitrogens is 4. The fourth-order valence-corrected chi connectivity index (χ4v) is 9.13. The lowest BCUT2D eigenvalue weighted by Gasteiger charge is -2.32. The summed E-state index contributed by atoms with van der Waals surface area (Å²) in [5, 5.41) is 1.29. The molecule has 4 aliphatic rings. The molecule has 2 saturated heterocycles. The Bertz CT molecular complexity index is 2350. The van der Waals surface area contributed by atoms with Gasteiger partial charge in [0.25, 0.3) is 0 Å². The molecule has 0 bridgehead atoms. The van der Waals surface area contributed by atoms with E-state index in [9.17, 15) is 13.2 Å². The molecule has 4 aromatic carbocycles. The molecule has 0 atom stereocenters. The fraction of sp³-hybridized carbons (Fsp3) is 0.381. The molecular formula is C42H41Cl2F3N6O2. The Morgan fingerprint density at radius 2 is 1.07 bits per heavy atom. The van der Waals surface area contributed by atoms with Crippen molar-refractivity contribution in [2.45, 2.75) is 63.7 Å². The number of nitrogens with zero attached hydrogens (tertiary/aromatic N) is 6. The van der Waals surface area contributed by atoms with Crippen LogP contribution >= 0.6 is 23.2 Å². The van der Waals surface area contributed by atoms with Crippen molar-refractivity contribution in [1.82, 2.24) is 28.9 Å². The number of hydrogen-bond acceptors (Lipinski definition) is 6. The summed E-state index contributed by atoms with van der Waals surface area (Å²) >= 11 is 12.4. The van der Waals surface area contributed by atoms with Gasteiger partial charge in [0, 0.05) is 28.2 Å². The minimum Gasteiger partial charge on any atom is -0.489 e. The van der Waals surface area contributed by atoms with E-state index in [0.29, 0.717) is 34.7 Å². The molecule has 13 heteroatoms. The summed E-state index contributed by atoms with van der Waals surface area (Å²) in [5.41, 5.74) is 5.71. The van der Waals surface area contributed by atoms with Crippen molar-refractivity contribution in [1.29, 1.82) is 0 Å². The molecule has 6 aromatic rings. The minimum absolute atomic E-state index is 0.133. The number of hydrogen-bond donors (Lipinski definition) is 0. The summed E-state index contributed by atoms with van der Waals surface area (Å²) in [6, 6.07) is 18.4. The number of rotatable bonds is 6. The van der Waals surface area contributed by atoms with Gasteiger partial charge in [-0.3, -0.25) is 9.80 Å². The smallest absolute Gasteiger partial charge is 0.146 e. The van der Waals surface area contributed by atoms with Crippen LogP contribution in [0.2, 0.25) is 10.0 Å². The van der Waals surface area contributed by atoms with Gasteiger partial charge in [-0.15, -0.1) is 0 Å². The Morgan fingerprint density at radius 1 is 0.582 bits per heavy atom. The van der Waals surface area contributed by atoms with Crippen LogP contribution in [0, 0.1) is 17.5 Å². The van der Waals surface area contributed by atoms with Crippen molar-refractivity contribution < 1.29 is 22.6 Å². The number of benzene rings is 4. The zero-order valence-corrected chi connectivity index (χ0v) is 31.8. The van der Waals surface area contributed by atoms with Gasteiger partial charge in [0.05, 0.1) is 37.2 Å². The predicted octanol–water partition coefficient (Wildman–Crippen LogP) is 9.34. The number of ether oxygens (including phenoxy) is 2. The highest BCUT2D eigenvalue weighted by Gasteiger charge is 2.27. The molecule has 0 amide bonds. The molecule has 0 spiro atoms. The first kappa shape index (κ1) is 36.4. The van der Waals surface area contributed by atoms with E-state index in [4.69, 9.17) is 42.6 Å². The molecule has 2 aromatic heterocycles. The Labute approximate surface area is 327 Å². The predicted molar refractivity (Wildman–Crippen MR) is 208 cm³/mol. The van der Waals surface area contributed by atoms with Crippen LogP contribution in [0.15, 0.2) is 66.7 Å². The van der Waals surface area contributed by atoms with Crippen LogP contribution in [0.1, 0.15) is 60.3 Å². The SMILES string of the molecule is Fc1ccc(C2CCN(Cc3nc4cc(Cl)cc5c4n3CCO5)CC2)c(F)c1.Fc1ccc(C2CCN(Cc3nc4cc(Cl)cc5c4n3CCO5)CC2)cc1. The van der Waals surface area contributed by atoms with Crippen molar-refractivity contribution >= 4 is 45.3 Å². The number of likely N-dealkylation sites (tertiary alicyclic amines) is 2. The third-order valence-corrected chi connectivity index (χ3v) is 11.9. The molecule has 10 rings (SSSR count). The van der Waals surface area contributed by atoms with E-state index in [1.54, 1.807) is 18.2 Å². The molecule has 0 N–H and O–H groups in total. The zero-order valence-electron chi connectivity index (χ0n) is 30.3. The first-order chi connectivity index (χ1) is 26.8. The molecule has 55 heavy (non-hydrogen) atoms. The molecular weight excluding hydrogens is 748 g/mol. The van der Waals surface area contributed by atoms with E-state index in [-0.39, 0.29) is 11.7 Å². The number of imidazole rings is 2. The van der Waals surface area contributed by atoms with Gasteiger partial charge in [0.15, 0.2) is 0 Å². The first-order valence-electron chi connectivity index (χ1n) is 19.0. The Balaban J connectivity index is 0.000000144. The van der Waals surface area contributed by atoms with Gasteiger partial charge in [-0.05, 0) is 105 Å². The lowest BCUT2D eigenvalue weighted by molar-refractivity contribution is 0.194. The summed E-state index contributed by atoms with van der Waals surface area (Å²) < 4.78 is 56.4. The van der Waals surface area contributed by atoms with Crippen molar-refractivity contribution in [3.05, 3.63) is 117 Å². The number of piperidine rings is 2. The Kier molecular flexibility index (Phi) is 10.1. The van der Waals surface area contributed by atoms with Crippen molar-refractivity contribution in [3.8, 4) is 11.5 Å². The molecule has 8 nitrogen and oxygen atoms in total. The molecule has 286 valence electrons. The fourth-order valence-electron chi connectivity index (χ4n) is 8.72. The number of halogens is 5. The van der Waals surface area contributed by atoms with Crippen LogP contribution in [-0.4, -0.2) is 68.3 Å². The molecule has 4 aliphatic heterocycles. The van der Waals surface area contributed by atoms with E-state index >= 15 is 0 Å². The lowest BCUT2D eigenvalue weighted by atomic mass is 9.89. The molecule has 0 unspecified atom stereocenters. The van der Waals surface area contributed by atoms with Gasteiger partial charge in [-0.2, -0.15) is 0 Å². The van der Waals surface area contributed by atoms with Crippen LogP contribution in [0.5, 0.6) is 11.5 Å². The van der Waals surface area contributed by atoms with Crippen LogP contribution in [0.4, 0.5) is 13.2 Å². The van der Waals surface area contributed by atoms with Gasteiger partial charge < -0.3 is 18.6 Å². The summed E-state index contributed by atoms with van der Waals surface area (Å²) in [6.07, 6.45) is 3.88. The van der Waals surface area contributed by atoms with Crippen LogP contribution in [-0.2, 0) is 26.2 Å². The molecule has 6 heterocycles. The van der Waals surface area contributed by atoms with Gasteiger partial charge >= 0.3 is 0 Å². The van der Waals surface area contributed by atoms with Gasteiger partial charge in [-0.1, -0.05) is 41.4 Å². The van der Waals surface area contributed by atoms with E-state index in [1.165, 1.54) is 11.6 Å². The third-order valence-electron chi connectivity index (χ3n) is 11.5. The topological polar surface area (TPSA) is 60.6 Å². The van der Waals surface area contributed by atoms with Crippen molar-refractivity contribution in [2.75, 3.05) is 39.4 Å². The monoisotopic (exact) mass is 788 g/mol. The lowest BCUT2D eigenvalue weighted by Crippen LogP contribution is -2.34. The highest BCUT2D eigenvalue weighted by atomic mass is 35.5. The Morgan fingerprint density at radius 3 is 1.58 bits per heavy atom. The summed E-state index contributed by atoms with van der Waals surface area (Å²) in [7, 11) is 0. The quantitative estimate of drug-likeness (QED) is 0.168. The average molecular weight is 790 g/mol. The van der Waals surface area contributed by atoms with Crippen LogP contribution in [0.3, 0.4) is 0 Å². The molecule has 0 radical (unpaired) electrons. The normalized spacial score (nSPS) is 17.9. The molecule has 2 fully saturated rings. The summed E-state index contributed by atoms with van der Waals surface area (Å²) in [6.45, 7) is 8.20. The van der Waals surface area contributed by atoms with E-state index < -0.39 is 11.6 Å².